The summed E-state index contributed by atoms with van der Waals surface area (Å²) in [6.45, 7) is 3.82. The van der Waals surface area contributed by atoms with Gasteiger partial charge in [0.15, 0.2) is 9.84 Å². The van der Waals surface area contributed by atoms with Crippen LogP contribution in [0.25, 0.3) is 0 Å². The van der Waals surface area contributed by atoms with Crippen LogP contribution in [0.15, 0.2) is 18.2 Å². The van der Waals surface area contributed by atoms with Gasteiger partial charge in [-0.3, -0.25) is 4.79 Å². The number of halogens is 1. The molecule has 0 aliphatic heterocycles. The lowest BCUT2D eigenvalue weighted by Gasteiger charge is -2.10. The lowest BCUT2D eigenvalue weighted by molar-refractivity contribution is -0.115. The number of benzene rings is 1. The fourth-order valence-electron chi connectivity index (χ4n) is 1.74. The Bertz CT molecular complexity index is 602. The average molecular weight is 333 g/mol. The minimum absolute atomic E-state index is 0.0825. The summed E-state index contributed by atoms with van der Waals surface area (Å²) in [6.07, 6.45) is 0.716. The molecule has 1 amide bonds. The Kier molecular flexibility index (Phi) is 6.48. The lowest BCUT2D eigenvalue weighted by atomic mass is 10.2. The molecule has 7 heteroatoms. The van der Waals surface area contributed by atoms with Crippen molar-refractivity contribution >= 4 is 38.7 Å². The maximum atomic E-state index is 11.8. The van der Waals surface area contributed by atoms with Crippen molar-refractivity contribution in [1.82, 2.24) is 0 Å². The van der Waals surface area contributed by atoms with E-state index in [4.69, 9.17) is 17.3 Å². The normalized spacial score (nSPS) is 12.9. The van der Waals surface area contributed by atoms with Crippen LogP contribution in [0.4, 0.5) is 11.4 Å². The zero-order chi connectivity index (χ0) is 16.0. The van der Waals surface area contributed by atoms with E-state index >= 15 is 0 Å². The standard InChI is InChI=1S/C14H21ClN2O3S/c1-3-10(2)9-21(19,20)7-6-14(18)17-13-5-4-11(15)8-12(13)16/h4-5,8,10H,3,6-7,9,16H2,1-2H3,(H,17,18). The van der Waals surface area contributed by atoms with Crippen molar-refractivity contribution in [2.24, 2.45) is 5.92 Å². The SMILES string of the molecule is CCC(C)CS(=O)(=O)CCC(=O)Nc1ccc(Cl)cc1N. The summed E-state index contributed by atoms with van der Waals surface area (Å²) in [5.41, 5.74) is 6.50. The summed E-state index contributed by atoms with van der Waals surface area (Å²) < 4.78 is 23.7. The van der Waals surface area contributed by atoms with Crippen LogP contribution in [0.5, 0.6) is 0 Å². The molecule has 0 aliphatic carbocycles. The number of nitrogen functional groups attached to an aromatic ring is 1. The van der Waals surface area contributed by atoms with Crippen molar-refractivity contribution in [2.75, 3.05) is 22.6 Å². The Labute approximate surface area is 130 Å². The molecule has 1 unspecified atom stereocenters. The molecule has 0 aromatic heterocycles. The number of carbonyl (C=O) groups is 1. The molecule has 0 radical (unpaired) electrons. The van der Waals surface area contributed by atoms with Crippen molar-refractivity contribution in [3.05, 3.63) is 23.2 Å². The fourth-order valence-corrected chi connectivity index (χ4v) is 3.69. The van der Waals surface area contributed by atoms with Crippen molar-refractivity contribution in [2.45, 2.75) is 26.7 Å². The molecular formula is C14H21ClN2O3S. The van der Waals surface area contributed by atoms with E-state index < -0.39 is 9.84 Å². The number of amides is 1. The molecule has 0 saturated heterocycles. The predicted octanol–water partition coefficient (Wildman–Crippen LogP) is 2.71. The number of hydrogen-bond acceptors (Lipinski definition) is 4. The van der Waals surface area contributed by atoms with Gasteiger partial charge < -0.3 is 11.1 Å². The summed E-state index contributed by atoms with van der Waals surface area (Å²) in [4.78, 5) is 11.8. The van der Waals surface area contributed by atoms with Gasteiger partial charge in [-0.2, -0.15) is 0 Å². The predicted molar refractivity (Wildman–Crippen MR) is 87.2 cm³/mol. The summed E-state index contributed by atoms with van der Waals surface area (Å²) in [5, 5.41) is 3.06. The van der Waals surface area contributed by atoms with Gasteiger partial charge in [-0.05, 0) is 24.1 Å². The smallest absolute Gasteiger partial charge is 0.225 e. The number of nitrogens with two attached hydrogens (primary N) is 1. The van der Waals surface area contributed by atoms with Crippen molar-refractivity contribution < 1.29 is 13.2 Å². The second-order valence-corrected chi connectivity index (χ2v) is 7.82. The van der Waals surface area contributed by atoms with E-state index in [1.165, 1.54) is 6.07 Å². The summed E-state index contributed by atoms with van der Waals surface area (Å²) in [7, 11) is -3.21. The highest BCUT2D eigenvalue weighted by molar-refractivity contribution is 7.91. The first kappa shape index (κ1) is 17.8. The molecule has 1 rings (SSSR count). The number of sulfone groups is 1. The maximum absolute atomic E-state index is 11.8. The van der Waals surface area contributed by atoms with Crippen LogP contribution in [0.1, 0.15) is 26.7 Å². The maximum Gasteiger partial charge on any atom is 0.225 e. The van der Waals surface area contributed by atoms with Crippen LogP contribution in [-0.2, 0) is 14.6 Å². The molecule has 0 saturated carbocycles. The zero-order valence-corrected chi connectivity index (χ0v) is 13.8. The third kappa shape index (κ3) is 6.35. The highest BCUT2D eigenvalue weighted by Gasteiger charge is 2.17. The topological polar surface area (TPSA) is 89.3 Å². The first-order valence-electron chi connectivity index (χ1n) is 6.79. The molecule has 0 bridgehead atoms. The van der Waals surface area contributed by atoms with Gasteiger partial charge in [-0.25, -0.2) is 8.42 Å². The van der Waals surface area contributed by atoms with Crippen LogP contribution < -0.4 is 11.1 Å². The second kappa shape index (κ2) is 7.66. The first-order valence-corrected chi connectivity index (χ1v) is 8.98. The first-order chi connectivity index (χ1) is 9.73. The van der Waals surface area contributed by atoms with Gasteiger partial charge in [0.2, 0.25) is 5.91 Å². The van der Waals surface area contributed by atoms with Crippen molar-refractivity contribution in [3.63, 3.8) is 0 Å². The zero-order valence-electron chi connectivity index (χ0n) is 12.2. The monoisotopic (exact) mass is 332 g/mol. The van der Waals surface area contributed by atoms with Crippen molar-refractivity contribution in [1.29, 1.82) is 0 Å². The van der Waals surface area contributed by atoms with Gasteiger partial charge in [-0.1, -0.05) is 31.9 Å². The minimum atomic E-state index is -3.21. The second-order valence-electron chi connectivity index (χ2n) is 5.16. The van der Waals surface area contributed by atoms with Crippen molar-refractivity contribution in [3.8, 4) is 0 Å². The molecular weight excluding hydrogens is 312 g/mol. The van der Waals surface area contributed by atoms with Crippen LogP contribution in [0.2, 0.25) is 5.02 Å². The van der Waals surface area contributed by atoms with E-state index in [9.17, 15) is 13.2 Å². The molecule has 0 fully saturated rings. The summed E-state index contributed by atoms with van der Waals surface area (Å²) >= 11 is 5.76. The van der Waals surface area contributed by atoms with Gasteiger partial charge in [0.05, 0.1) is 22.9 Å². The van der Waals surface area contributed by atoms with Gasteiger partial charge in [0.1, 0.15) is 0 Å². The minimum Gasteiger partial charge on any atom is -0.397 e. The quantitative estimate of drug-likeness (QED) is 0.751. The number of rotatable bonds is 7. The van der Waals surface area contributed by atoms with Gasteiger partial charge in [0, 0.05) is 11.4 Å². The molecule has 1 aromatic rings. The van der Waals surface area contributed by atoms with E-state index in [0.29, 0.717) is 16.4 Å². The number of nitrogens with one attached hydrogen (secondary N) is 1. The summed E-state index contributed by atoms with van der Waals surface area (Å²) in [6, 6.07) is 4.72. The van der Waals surface area contributed by atoms with Crippen LogP contribution in [-0.4, -0.2) is 25.8 Å². The van der Waals surface area contributed by atoms with Gasteiger partial charge in [0.25, 0.3) is 0 Å². The summed E-state index contributed by atoms with van der Waals surface area (Å²) in [5.74, 6) is -0.321. The van der Waals surface area contributed by atoms with E-state index in [2.05, 4.69) is 5.32 Å². The molecule has 3 N–H and O–H groups in total. The van der Waals surface area contributed by atoms with E-state index in [-0.39, 0.29) is 29.8 Å². The molecule has 0 heterocycles. The van der Waals surface area contributed by atoms with E-state index in [0.717, 1.165) is 6.42 Å². The molecule has 118 valence electrons. The van der Waals surface area contributed by atoms with E-state index in [1.54, 1.807) is 12.1 Å². The Hall–Kier alpha value is -1.27. The highest BCUT2D eigenvalue weighted by Crippen LogP contribution is 2.22. The lowest BCUT2D eigenvalue weighted by Crippen LogP contribution is -2.21. The third-order valence-electron chi connectivity index (χ3n) is 3.16. The average Bonchev–Trinajstić information content (AvgIpc) is 2.39. The molecule has 1 atom stereocenters. The van der Waals surface area contributed by atoms with Crippen LogP contribution in [0, 0.1) is 5.92 Å². The number of hydrogen-bond donors (Lipinski definition) is 2. The van der Waals surface area contributed by atoms with Crippen LogP contribution >= 0.6 is 11.6 Å². The molecule has 0 spiro atoms. The van der Waals surface area contributed by atoms with Gasteiger partial charge in [-0.15, -0.1) is 0 Å². The number of anilines is 2. The molecule has 1 aromatic carbocycles. The highest BCUT2D eigenvalue weighted by atomic mass is 35.5. The molecule has 5 nitrogen and oxygen atoms in total. The molecule has 21 heavy (non-hydrogen) atoms. The van der Waals surface area contributed by atoms with Crippen LogP contribution in [0.3, 0.4) is 0 Å². The van der Waals surface area contributed by atoms with Gasteiger partial charge >= 0.3 is 0 Å². The third-order valence-corrected chi connectivity index (χ3v) is 5.30. The van der Waals surface area contributed by atoms with E-state index in [1.807, 2.05) is 13.8 Å². The molecule has 0 aliphatic rings. The fraction of sp³-hybridized carbons (Fsp3) is 0.500. The Balaban J connectivity index is 2.54. The largest absolute Gasteiger partial charge is 0.397 e. The Morgan fingerprint density at radius 1 is 1.43 bits per heavy atom. The Morgan fingerprint density at radius 3 is 2.67 bits per heavy atom. The Morgan fingerprint density at radius 2 is 2.10 bits per heavy atom. The number of carbonyl (C=O) groups excluding carboxylic acids is 1.